The van der Waals surface area contributed by atoms with Crippen LogP contribution in [-0.4, -0.2) is 22.1 Å². The summed E-state index contributed by atoms with van der Waals surface area (Å²) in [6.45, 7) is 3.65. The first-order valence-electron chi connectivity index (χ1n) is 9.89. The summed E-state index contributed by atoms with van der Waals surface area (Å²) in [5, 5.41) is 10.9. The van der Waals surface area contributed by atoms with E-state index in [0.717, 1.165) is 5.56 Å². The van der Waals surface area contributed by atoms with Crippen LogP contribution in [0.4, 0.5) is 5.69 Å². The van der Waals surface area contributed by atoms with Crippen LogP contribution in [0.3, 0.4) is 0 Å². The van der Waals surface area contributed by atoms with Crippen molar-refractivity contribution in [1.29, 1.82) is 0 Å². The molecule has 0 aliphatic carbocycles. The van der Waals surface area contributed by atoms with E-state index in [4.69, 9.17) is 9.73 Å². The summed E-state index contributed by atoms with van der Waals surface area (Å²) in [5.41, 5.74) is 1.95. The largest absolute Gasteiger partial charge is 0.463 e. The van der Waals surface area contributed by atoms with Gasteiger partial charge < -0.3 is 4.74 Å². The van der Waals surface area contributed by atoms with Gasteiger partial charge in [0.2, 0.25) is 0 Å². The standard InChI is InChI=1S/C23H19N3O5S/c1-3-31-22(28)19-14(2)25-21(27)18(13-15-9-11-17(12-10-15)26(29)30)32-23(25)24-20(19)16-7-5-4-6-8-16/h4-13,20H,3H2,1-2H3/b18-13-/t20-/m1/s1. The normalized spacial score (nSPS) is 15.8. The maximum Gasteiger partial charge on any atom is 0.338 e. The molecule has 0 saturated carbocycles. The fraction of sp³-hybridized carbons (Fsp3) is 0.174. The second-order valence-corrected chi connectivity index (χ2v) is 8.05. The fourth-order valence-corrected chi connectivity index (χ4v) is 4.58. The van der Waals surface area contributed by atoms with E-state index in [-0.39, 0.29) is 17.9 Å². The monoisotopic (exact) mass is 449 g/mol. The number of nitro benzene ring substituents is 1. The highest BCUT2D eigenvalue weighted by atomic mass is 32.1. The van der Waals surface area contributed by atoms with Crippen molar-refractivity contribution in [3.05, 3.63) is 101 Å². The number of benzene rings is 2. The van der Waals surface area contributed by atoms with Crippen LogP contribution in [0.2, 0.25) is 0 Å². The lowest BCUT2D eigenvalue weighted by Crippen LogP contribution is -2.35. The molecule has 1 aromatic heterocycles. The van der Waals surface area contributed by atoms with Crippen molar-refractivity contribution >= 4 is 34.8 Å². The van der Waals surface area contributed by atoms with Crippen LogP contribution in [-0.2, 0) is 9.53 Å². The number of esters is 1. The van der Waals surface area contributed by atoms with Gasteiger partial charge >= 0.3 is 5.97 Å². The van der Waals surface area contributed by atoms with E-state index in [2.05, 4.69) is 0 Å². The summed E-state index contributed by atoms with van der Waals surface area (Å²) in [6.07, 6.45) is 1.66. The Bertz CT molecular complexity index is 1400. The zero-order chi connectivity index (χ0) is 22.8. The molecule has 0 amide bonds. The van der Waals surface area contributed by atoms with E-state index in [1.165, 1.54) is 28.0 Å². The predicted octanol–water partition coefficient (Wildman–Crippen LogP) is 2.82. The van der Waals surface area contributed by atoms with Gasteiger partial charge in [0.25, 0.3) is 11.2 Å². The summed E-state index contributed by atoms with van der Waals surface area (Å²) in [6, 6.07) is 14.7. The lowest BCUT2D eigenvalue weighted by molar-refractivity contribution is -0.384. The minimum Gasteiger partial charge on any atom is -0.463 e. The number of carbonyl (C=O) groups excluding carboxylic acids is 1. The zero-order valence-electron chi connectivity index (χ0n) is 17.3. The number of non-ortho nitro benzene ring substituents is 1. The Kier molecular flexibility index (Phi) is 5.83. The molecule has 2 aromatic carbocycles. The third kappa shape index (κ3) is 3.90. The SMILES string of the molecule is CCOC(=O)C1=C(C)n2c(s/c(=C\c3ccc([N+](=O)[O-])cc3)c2=O)=N[C@@H]1c1ccccc1. The molecule has 0 radical (unpaired) electrons. The van der Waals surface area contributed by atoms with Gasteiger partial charge in [0.05, 0.1) is 21.6 Å². The number of hydrogen-bond donors (Lipinski definition) is 0. The lowest BCUT2D eigenvalue weighted by Gasteiger charge is -2.22. The van der Waals surface area contributed by atoms with Crippen molar-refractivity contribution < 1.29 is 14.5 Å². The molecule has 0 N–H and O–H groups in total. The minimum absolute atomic E-state index is 0.0251. The van der Waals surface area contributed by atoms with E-state index in [0.29, 0.717) is 26.2 Å². The summed E-state index contributed by atoms with van der Waals surface area (Å²) in [4.78, 5) is 41.5. The van der Waals surface area contributed by atoms with Gasteiger partial charge in [0, 0.05) is 17.8 Å². The molecule has 4 rings (SSSR count). The third-order valence-corrected chi connectivity index (χ3v) is 6.04. The highest BCUT2D eigenvalue weighted by molar-refractivity contribution is 7.07. The molecule has 162 valence electrons. The molecule has 3 aromatic rings. The van der Waals surface area contributed by atoms with Gasteiger partial charge in [-0.3, -0.25) is 19.5 Å². The summed E-state index contributed by atoms with van der Waals surface area (Å²) in [5.74, 6) is -0.507. The fourth-order valence-electron chi connectivity index (χ4n) is 3.54. The van der Waals surface area contributed by atoms with Gasteiger partial charge in [-0.25, -0.2) is 9.79 Å². The smallest absolute Gasteiger partial charge is 0.338 e. The molecule has 9 heteroatoms. The second kappa shape index (κ2) is 8.72. The van der Waals surface area contributed by atoms with Gasteiger partial charge in [0.15, 0.2) is 4.80 Å². The molecule has 32 heavy (non-hydrogen) atoms. The molecular weight excluding hydrogens is 430 g/mol. The van der Waals surface area contributed by atoms with Gasteiger partial charge in [-0.05, 0) is 43.2 Å². The number of thiazole rings is 1. The lowest BCUT2D eigenvalue weighted by atomic mass is 9.97. The number of rotatable bonds is 5. The van der Waals surface area contributed by atoms with E-state index < -0.39 is 16.9 Å². The first-order valence-corrected chi connectivity index (χ1v) is 10.7. The Morgan fingerprint density at radius 3 is 2.53 bits per heavy atom. The van der Waals surface area contributed by atoms with Crippen LogP contribution in [0, 0.1) is 10.1 Å². The van der Waals surface area contributed by atoms with E-state index in [9.17, 15) is 19.7 Å². The summed E-state index contributed by atoms with van der Waals surface area (Å²) in [7, 11) is 0. The maximum atomic E-state index is 13.2. The first kappa shape index (κ1) is 21.4. The van der Waals surface area contributed by atoms with Crippen molar-refractivity contribution in [2.75, 3.05) is 6.61 Å². The van der Waals surface area contributed by atoms with Crippen LogP contribution < -0.4 is 14.9 Å². The summed E-state index contributed by atoms with van der Waals surface area (Å²) >= 11 is 1.20. The highest BCUT2D eigenvalue weighted by Crippen LogP contribution is 2.32. The minimum atomic E-state index is -0.583. The van der Waals surface area contributed by atoms with Crippen molar-refractivity contribution in [2.24, 2.45) is 4.99 Å². The number of carbonyl (C=O) groups is 1. The number of fused-ring (bicyclic) bond motifs is 1. The van der Waals surface area contributed by atoms with Crippen LogP contribution in [0.15, 0.2) is 70.0 Å². The molecule has 2 heterocycles. The molecule has 0 unspecified atom stereocenters. The van der Waals surface area contributed by atoms with E-state index in [1.807, 2.05) is 30.3 Å². The Balaban J connectivity index is 1.89. The number of ether oxygens (including phenoxy) is 1. The molecule has 1 atom stereocenters. The average Bonchev–Trinajstić information content (AvgIpc) is 3.10. The number of hydrogen-bond acceptors (Lipinski definition) is 7. The summed E-state index contributed by atoms with van der Waals surface area (Å²) < 4.78 is 7.09. The Morgan fingerprint density at radius 1 is 1.22 bits per heavy atom. The van der Waals surface area contributed by atoms with E-state index in [1.54, 1.807) is 32.1 Å². The molecule has 1 aliphatic heterocycles. The topological polar surface area (TPSA) is 104 Å². The van der Waals surface area contributed by atoms with Crippen LogP contribution >= 0.6 is 11.3 Å². The van der Waals surface area contributed by atoms with Crippen LogP contribution in [0.25, 0.3) is 11.8 Å². The number of nitro groups is 1. The van der Waals surface area contributed by atoms with Gasteiger partial charge in [0.1, 0.15) is 6.04 Å². The average molecular weight is 449 g/mol. The van der Waals surface area contributed by atoms with Gasteiger partial charge in [-0.1, -0.05) is 41.7 Å². The van der Waals surface area contributed by atoms with Gasteiger partial charge in [-0.15, -0.1) is 0 Å². The Hall–Kier alpha value is -3.85. The molecule has 0 bridgehead atoms. The Morgan fingerprint density at radius 2 is 1.91 bits per heavy atom. The van der Waals surface area contributed by atoms with Crippen molar-refractivity contribution in [3.8, 4) is 0 Å². The first-order chi connectivity index (χ1) is 15.4. The second-order valence-electron chi connectivity index (χ2n) is 7.04. The quantitative estimate of drug-likeness (QED) is 0.338. The number of nitrogens with zero attached hydrogens (tertiary/aromatic N) is 3. The Labute approximate surface area is 186 Å². The maximum absolute atomic E-state index is 13.2. The molecule has 8 nitrogen and oxygen atoms in total. The van der Waals surface area contributed by atoms with Crippen molar-refractivity contribution in [1.82, 2.24) is 4.57 Å². The predicted molar refractivity (Wildman–Crippen MR) is 121 cm³/mol. The highest BCUT2D eigenvalue weighted by Gasteiger charge is 2.31. The van der Waals surface area contributed by atoms with E-state index >= 15 is 0 Å². The molecule has 0 saturated heterocycles. The van der Waals surface area contributed by atoms with Crippen LogP contribution in [0.5, 0.6) is 0 Å². The molecule has 1 aliphatic rings. The van der Waals surface area contributed by atoms with Crippen LogP contribution in [0.1, 0.15) is 31.0 Å². The molecule has 0 spiro atoms. The number of aromatic nitrogens is 1. The number of allylic oxidation sites excluding steroid dienone is 1. The third-order valence-electron chi connectivity index (χ3n) is 5.06. The zero-order valence-corrected chi connectivity index (χ0v) is 18.2. The van der Waals surface area contributed by atoms with Crippen molar-refractivity contribution in [3.63, 3.8) is 0 Å². The van der Waals surface area contributed by atoms with Crippen molar-refractivity contribution in [2.45, 2.75) is 19.9 Å². The molecule has 0 fully saturated rings. The molecular formula is C23H19N3O5S. The van der Waals surface area contributed by atoms with Gasteiger partial charge in [-0.2, -0.15) is 0 Å².